The zero-order valence-corrected chi connectivity index (χ0v) is 39.5. The molecule has 0 radical (unpaired) electrons. The number of sulfone groups is 1. The predicted molar refractivity (Wildman–Crippen MR) is 251 cm³/mol. The first-order chi connectivity index (χ1) is 33.0. The Morgan fingerprint density at radius 1 is 0.884 bits per heavy atom. The number of nitrogens with zero attached hydrogens (tertiary/aromatic N) is 8. The number of amides is 5. The fourth-order valence-corrected chi connectivity index (χ4v) is 10.7. The lowest BCUT2D eigenvalue weighted by molar-refractivity contribution is -0.127. The van der Waals surface area contributed by atoms with Crippen molar-refractivity contribution >= 4 is 56.1 Å². The normalized spacial score (nSPS) is 19.5. The minimum absolute atomic E-state index is 0.0542. The van der Waals surface area contributed by atoms with Crippen LogP contribution in [0.2, 0.25) is 0 Å². The van der Waals surface area contributed by atoms with Crippen molar-refractivity contribution in [2.75, 3.05) is 87.9 Å². The zero-order valence-electron chi connectivity index (χ0n) is 38.7. The lowest BCUT2D eigenvalue weighted by Gasteiger charge is -2.46. The Kier molecular flexibility index (Phi) is 13.0. The van der Waals surface area contributed by atoms with Crippen molar-refractivity contribution in [3.63, 3.8) is 0 Å². The highest BCUT2D eigenvalue weighted by molar-refractivity contribution is 7.90. The maximum absolute atomic E-state index is 16.0. The molecular weight excluding hydrogens is 917 g/mol. The molecule has 69 heavy (non-hydrogen) atoms. The molecule has 4 aliphatic heterocycles. The van der Waals surface area contributed by atoms with Crippen molar-refractivity contribution in [1.82, 2.24) is 34.8 Å². The zero-order chi connectivity index (χ0) is 48.8. The van der Waals surface area contributed by atoms with E-state index in [2.05, 4.69) is 15.4 Å². The highest BCUT2D eigenvalue weighted by atomic mass is 32.2. The fourth-order valence-electron chi connectivity index (χ4n) is 9.76. The summed E-state index contributed by atoms with van der Waals surface area (Å²) in [6, 6.07) is 16.5. The number of aryl methyl sites for hydroxylation is 1. The second kappa shape index (κ2) is 19.0. The van der Waals surface area contributed by atoms with Crippen LogP contribution < -0.4 is 29.3 Å². The number of piperidine rings is 1. The molecule has 18 nitrogen and oxygen atoms in total. The predicted octanol–water partition coefficient (Wildman–Crippen LogP) is 5.07. The topological polar surface area (TPSA) is 189 Å². The summed E-state index contributed by atoms with van der Waals surface area (Å²) in [7, 11) is -0.477. The van der Waals surface area contributed by atoms with Gasteiger partial charge in [-0.1, -0.05) is 18.2 Å². The van der Waals surface area contributed by atoms with Crippen LogP contribution in [0.15, 0.2) is 72.9 Å². The molecule has 2 aromatic heterocycles. The smallest absolute Gasteiger partial charge is 0.329 e. The highest BCUT2D eigenvalue weighted by Gasteiger charge is 2.49. The number of anilines is 2. The van der Waals surface area contributed by atoms with Crippen molar-refractivity contribution in [3.05, 3.63) is 95.2 Å². The van der Waals surface area contributed by atoms with Crippen molar-refractivity contribution < 1.29 is 50.6 Å². The van der Waals surface area contributed by atoms with Crippen molar-refractivity contribution in [2.24, 2.45) is 7.05 Å². The van der Waals surface area contributed by atoms with Crippen LogP contribution in [0.25, 0.3) is 10.9 Å². The van der Waals surface area contributed by atoms with E-state index in [1.165, 1.54) is 24.3 Å². The first-order valence-electron chi connectivity index (χ1n) is 22.8. The number of likely N-dealkylation sites (tertiary alicyclic amines) is 1. The van der Waals surface area contributed by atoms with Crippen molar-refractivity contribution in [1.29, 1.82) is 0 Å². The Labute approximate surface area is 397 Å². The Morgan fingerprint density at radius 3 is 2.33 bits per heavy atom. The van der Waals surface area contributed by atoms with Gasteiger partial charge in [-0.05, 0) is 73.4 Å². The van der Waals surface area contributed by atoms with Gasteiger partial charge in [0, 0.05) is 83.2 Å². The number of alkyl halides is 2. The SMILES string of the molecule is CCOc1cc([C@@H](CS(C)(=O)=O)N2C(=O)c3ccnc(N4CCN([C@H]5CCN(CCc6ccc(Oc7ccc8c(N9CCC(=O)NC9=O)nn(C)c8c7)cc6)CC5(F)F)CC4)c3C2=O)ccc1OC. The van der Waals surface area contributed by atoms with Gasteiger partial charge < -0.3 is 19.1 Å². The molecule has 0 spiro atoms. The molecule has 21 heteroatoms. The summed E-state index contributed by atoms with van der Waals surface area (Å²) < 4.78 is 76.4. The summed E-state index contributed by atoms with van der Waals surface area (Å²) >= 11 is 0. The maximum Gasteiger partial charge on any atom is 0.329 e. The molecule has 0 bridgehead atoms. The van der Waals surface area contributed by atoms with Gasteiger partial charge in [0.05, 0.1) is 54.7 Å². The maximum atomic E-state index is 16.0. The van der Waals surface area contributed by atoms with Gasteiger partial charge in [-0.2, -0.15) is 5.10 Å². The van der Waals surface area contributed by atoms with Gasteiger partial charge in [-0.25, -0.2) is 27.0 Å². The van der Waals surface area contributed by atoms with E-state index in [9.17, 15) is 27.6 Å². The van der Waals surface area contributed by atoms with Gasteiger partial charge >= 0.3 is 6.03 Å². The average Bonchev–Trinajstić information content (AvgIpc) is 3.78. The number of nitrogens with one attached hydrogen (secondary N) is 1. The van der Waals surface area contributed by atoms with E-state index in [0.29, 0.717) is 60.5 Å². The summed E-state index contributed by atoms with van der Waals surface area (Å²) in [4.78, 5) is 64.8. The molecule has 4 aliphatic rings. The Hall–Kier alpha value is -6.71. The third kappa shape index (κ3) is 9.67. The summed E-state index contributed by atoms with van der Waals surface area (Å²) in [5.41, 5.74) is 2.23. The van der Waals surface area contributed by atoms with Gasteiger partial charge in [0.15, 0.2) is 17.3 Å². The molecule has 5 amide bonds. The van der Waals surface area contributed by atoms with Crippen LogP contribution in [-0.4, -0.2) is 152 Å². The molecule has 0 unspecified atom stereocenters. The number of ether oxygens (including phenoxy) is 3. The number of methoxy groups -OCH3 is 1. The number of carbonyl (C=O) groups excluding carboxylic acids is 4. The molecule has 6 heterocycles. The number of aromatic nitrogens is 3. The molecule has 5 aromatic rings. The van der Waals surface area contributed by atoms with E-state index in [1.54, 1.807) is 52.7 Å². The number of hydrogen-bond acceptors (Lipinski definition) is 14. The largest absolute Gasteiger partial charge is 0.493 e. The standard InChI is InChI=1S/C48H53F2N9O9S/c1-5-67-39-26-31(8-13-38(39)66-3)37(28-69(4,64)65)59-45(61)35-14-18-51-44(42(35)46(59)62)57-24-22-56(23-25-57)40-16-20-55(29-48(40,49)50)19-15-30-6-9-32(10-7-30)68-33-11-12-34-36(27-33)54(2)53-43(34)58-21-17-41(60)52-47(58)63/h6-14,18,26-27,37,40H,5,15-17,19-25,28-29H2,1-4H3,(H,52,60,63)/t37-,40+/m1/s1. The van der Waals surface area contributed by atoms with Gasteiger partial charge in [0.1, 0.15) is 27.2 Å². The quantitative estimate of drug-likeness (QED) is 0.137. The van der Waals surface area contributed by atoms with Crippen molar-refractivity contribution in [3.8, 4) is 23.0 Å². The summed E-state index contributed by atoms with van der Waals surface area (Å²) in [5, 5.41) is 7.58. The Bertz CT molecular complexity index is 2930. The molecule has 3 aromatic carbocycles. The molecular formula is C48H53F2N9O9S. The minimum Gasteiger partial charge on any atom is -0.493 e. The van der Waals surface area contributed by atoms with Gasteiger partial charge in [0.25, 0.3) is 17.7 Å². The summed E-state index contributed by atoms with van der Waals surface area (Å²) in [6.45, 7) is 4.02. The van der Waals surface area contributed by atoms with Crippen LogP contribution in [0.3, 0.4) is 0 Å². The molecule has 2 atom stereocenters. The average molecular weight is 970 g/mol. The molecule has 3 fully saturated rings. The van der Waals surface area contributed by atoms with Crippen LogP contribution in [0, 0.1) is 0 Å². The number of benzene rings is 3. The number of pyridine rings is 1. The number of hydrogen-bond donors (Lipinski definition) is 1. The highest BCUT2D eigenvalue weighted by Crippen LogP contribution is 2.40. The summed E-state index contributed by atoms with van der Waals surface area (Å²) in [5.74, 6) is -2.57. The number of halogens is 2. The van der Waals surface area contributed by atoms with Crippen LogP contribution in [-0.2, 0) is 28.1 Å². The van der Waals surface area contributed by atoms with Gasteiger partial charge in [0.2, 0.25) is 5.91 Å². The number of piperazine rings is 1. The molecule has 364 valence electrons. The molecule has 3 saturated heterocycles. The van der Waals surface area contributed by atoms with Gasteiger partial charge in [-0.3, -0.25) is 44.0 Å². The van der Waals surface area contributed by atoms with E-state index in [4.69, 9.17) is 14.2 Å². The van der Waals surface area contributed by atoms with Crippen LogP contribution in [0.5, 0.6) is 23.0 Å². The van der Waals surface area contributed by atoms with E-state index in [1.807, 2.05) is 41.3 Å². The third-order valence-electron chi connectivity index (χ3n) is 13.1. The lowest BCUT2D eigenvalue weighted by Crippen LogP contribution is -2.62. The molecule has 1 N–H and O–H groups in total. The Balaban J connectivity index is 0.794. The van der Waals surface area contributed by atoms with Gasteiger partial charge in [-0.15, -0.1) is 0 Å². The number of imide groups is 2. The second-order valence-corrected chi connectivity index (χ2v) is 19.9. The summed E-state index contributed by atoms with van der Waals surface area (Å²) in [6.07, 6.45) is 3.49. The number of carbonyl (C=O) groups is 4. The molecule has 9 rings (SSSR count). The van der Waals surface area contributed by atoms with E-state index in [-0.39, 0.29) is 75.0 Å². The monoisotopic (exact) mass is 969 g/mol. The van der Waals surface area contributed by atoms with E-state index < -0.39 is 51.4 Å². The van der Waals surface area contributed by atoms with Crippen molar-refractivity contribution in [2.45, 2.75) is 44.2 Å². The van der Waals surface area contributed by atoms with Crippen LogP contribution in [0.1, 0.15) is 57.7 Å². The lowest BCUT2D eigenvalue weighted by atomic mass is 9.97. The third-order valence-corrected chi connectivity index (χ3v) is 14.1. The number of fused-ring (bicyclic) bond motifs is 2. The van der Waals surface area contributed by atoms with Crippen LogP contribution in [0.4, 0.5) is 25.2 Å². The minimum atomic E-state index is -3.71. The fraction of sp³-hybridized carbons (Fsp3) is 0.417. The Morgan fingerprint density at radius 2 is 1.64 bits per heavy atom. The van der Waals surface area contributed by atoms with E-state index >= 15 is 8.78 Å². The first-order valence-corrected chi connectivity index (χ1v) is 24.9. The molecule has 0 aliphatic carbocycles. The molecule has 0 saturated carbocycles. The van der Waals surface area contributed by atoms with E-state index in [0.717, 1.165) is 27.6 Å². The number of rotatable bonds is 15. The second-order valence-electron chi connectivity index (χ2n) is 17.7. The van der Waals surface area contributed by atoms with Crippen LogP contribution >= 0.6 is 0 Å². The number of urea groups is 1. The first kappa shape index (κ1) is 47.4.